The highest BCUT2D eigenvalue weighted by molar-refractivity contribution is 5.97. The third-order valence-corrected chi connectivity index (χ3v) is 4.87. The maximum Gasteiger partial charge on any atom is 0.123 e. The van der Waals surface area contributed by atoms with Gasteiger partial charge >= 0.3 is 0 Å². The smallest absolute Gasteiger partial charge is 0.123 e. The fourth-order valence-corrected chi connectivity index (χ4v) is 3.57. The van der Waals surface area contributed by atoms with Crippen LogP contribution in [0, 0.1) is 11.6 Å². The first kappa shape index (κ1) is 16.6. The molecule has 0 fully saturated rings. The minimum atomic E-state index is -0.292. The first-order valence-electron chi connectivity index (χ1n) is 8.94. The van der Waals surface area contributed by atoms with Gasteiger partial charge in [0, 0.05) is 29.3 Å². The largest absolute Gasteiger partial charge is 0.342 e. The Balaban J connectivity index is 1.72. The number of aromatic nitrogens is 3. The van der Waals surface area contributed by atoms with Crippen molar-refractivity contribution in [2.24, 2.45) is 0 Å². The number of para-hydroxylation sites is 1. The summed E-state index contributed by atoms with van der Waals surface area (Å²) in [7, 11) is 0. The van der Waals surface area contributed by atoms with E-state index >= 15 is 0 Å². The van der Waals surface area contributed by atoms with E-state index < -0.39 is 0 Å². The molecule has 0 spiro atoms. The molecule has 3 aromatic carbocycles. The maximum absolute atomic E-state index is 13.6. The molecule has 0 saturated carbocycles. The maximum atomic E-state index is 13.6. The van der Waals surface area contributed by atoms with Crippen molar-refractivity contribution >= 4 is 10.9 Å². The van der Waals surface area contributed by atoms with Gasteiger partial charge in [-0.15, -0.1) is 10.2 Å². The Kier molecular flexibility index (Phi) is 3.86. The highest BCUT2D eigenvalue weighted by Gasteiger charge is 2.20. The van der Waals surface area contributed by atoms with Gasteiger partial charge in [0.25, 0.3) is 0 Å². The zero-order valence-electron chi connectivity index (χ0n) is 14.8. The average molecular weight is 371 g/mol. The molecule has 0 unspecified atom stereocenters. The van der Waals surface area contributed by atoms with E-state index in [0.29, 0.717) is 12.2 Å². The van der Waals surface area contributed by atoms with Crippen LogP contribution in [0.4, 0.5) is 8.78 Å². The third kappa shape index (κ3) is 2.81. The third-order valence-electron chi connectivity index (χ3n) is 4.87. The van der Waals surface area contributed by atoms with Crippen LogP contribution in [0.15, 0.2) is 79.0 Å². The molecule has 0 saturated heterocycles. The predicted molar refractivity (Wildman–Crippen MR) is 105 cm³/mol. The normalized spacial score (nSPS) is 11.4. The minimum Gasteiger partial charge on any atom is -0.342 e. The van der Waals surface area contributed by atoms with Crippen LogP contribution in [-0.4, -0.2) is 14.8 Å². The SMILES string of the molecule is Fc1ccc(-c2nnc3c4ccccc4n(Cc4cccc(F)c4)cc2-3)cc1. The van der Waals surface area contributed by atoms with Gasteiger partial charge in [-0.05, 0) is 48.0 Å². The highest BCUT2D eigenvalue weighted by Crippen LogP contribution is 2.36. The molecule has 28 heavy (non-hydrogen) atoms. The van der Waals surface area contributed by atoms with Crippen LogP contribution in [-0.2, 0) is 6.54 Å². The van der Waals surface area contributed by atoms with Gasteiger partial charge in [0.2, 0.25) is 0 Å². The molecule has 0 N–H and O–H groups in total. The standard InChI is InChI=1S/C23H15F2N3/c24-17-10-8-16(9-11-17)22-20-14-28(13-15-4-3-5-18(25)12-15)21-7-2-1-6-19(21)23(20)27-26-22/h1-12,14H,13H2. The molecule has 5 rings (SSSR count). The number of hydrogen-bond acceptors (Lipinski definition) is 2. The van der Waals surface area contributed by atoms with Crippen molar-refractivity contribution in [1.82, 2.24) is 14.8 Å². The van der Waals surface area contributed by atoms with E-state index in [2.05, 4.69) is 14.8 Å². The van der Waals surface area contributed by atoms with E-state index in [4.69, 9.17) is 0 Å². The Morgan fingerprint density at radius 1 is 0.750 bits per heavy atom. The summed E-state index contributed by atoms with van der Waals surface area (Å²) in [6.45, 7) is 0.516. The second-order valence-electron chi connectivity index (χ2n) is 6.72. The van der Waals surface area contributed by atoms with E-state index in [1.807, 2.05) is 36.5 Å². The summed E-state index contributed by atoms with van der Waals surface area (Å²) >= 11 is 0. The van der Waals surface area contributed by atoms with Gasteiger partial charge < -0.3 is 4.57 Å². The minimum absolute atomic E-state index is 0.257. The topological polar surface area (TPSA) is 30.7 Å². The van der Waals surface area contributed by atoms with Crippen LogP contribution in [0.2, 0.25) is 0 Å². The average Bonchev–Trinajstić information content (AvgIpc) is 3.13. The summed E-state index contributed by atoms with van der Waals surface area (Å²) in [5, 5.41) is 9.72. The zero-order valence-corrected chi connectivity index (χ0v) is 14.8. The summed E-state index contributed by atoms with van der Waals surface area (Å²) in [5.74, 6) is -0.550. The van der Waals surface area contributed by atoms with Gasteiger partial charge in [-0.2, -0.15) is 0 Å². The van der Waals surface area contributed by atoms with Gasteiger partial charge in [-0.25, -0.2) is 8.78 Å². The van der Waals surface area contributed by atoms with Crippen LogP contribution in [0.3, 0.4) is 0 Å². The quantitative estimate of drug-likeness (QED) is 0.417. The van der Waals surface area contributed by atoms with Crippen molar-refractivity contribution in [3.63, 3.8) is 0 Å². The highest BCUT2D eigenvalue weighted by atomic mass is 19.1. The molecule has 2 aliphatic heterocycles. The fraction of sp³-hybridized carbons (Fsp3) is 0.0435. The number of pyridine rings is 1. The molecule has 3 nitrogen and oxygen atoms in total. The molecule has 0 aromatic heterocycles. The Morgan fingerprint density at radius 2 is 1.54 bits per heavy atom. The van der Waals surface area contributed by atoms with Crippen LogP contribution >= 0.6 is 0 Å². The number of hydrogen-bond donors (Lipinski definition) is 0. The summed E-state index contributed by atoms with van der Waals surface area (Å²) in [6.07, 6.45) is 1.99. The van der Waals surface area contributed by atoms with Gasteiger partial charge in [0.15, 0.2) is 0 Å². The molecular formula is C23H15F2N3. The first-order valence-corrected chi connectivity index (χ1v) is 8.94. The van der Waals surface area contributed by atoms with Gasteiger partial charge in [0.1, 0.15) is 23.0 Å². The van der Waals surface area contributed by atoms with Gasteiger partial charge in [-0.1, -0.05) is 30.3 Å². The summed E-state index contributed by atoms with van der Waals surface area (Å²) < 4.78 is 29.0. The summed E-state index contributed by atoms with van der Waals surface area (Å²) in [6, 6.07) is 20.8. The van der Waals surface area contributed by atoms with Crippen LogP contribution in [0.25, 0.3) is 33.4 Å². The predicted octanol–water partition coefficient (Wildman–Crippen LogP) is 5.53. The van der Waals surface area contributed by atoms with Gasteiger partial charge in [0.05, 0.1) is 5.52 Å². The lowest BCUT2D eigenvalue weighted by molar-refractivity contribution is 0.624. The molecule has 3 aromatic rings. The summed E-state index contributed by atoms with van der Waals surface area (Å²) in [4.78, 5) is 0. The van der Waals surface area contributed by atoms with E-state index in [9.17, 15) is 8.78 Å². The Bertz CT molecular complexity index is 1260. The van der Waals surface area contributed by atoms with Gasteiger partial charge in [-0.3, -0.25) is 0 Å². The van der Waals surface area contributed by atoms with Crippen LogP contribution in [0.5, 0.6) is 0 Å². The Labute approximate surface area is 160 Å². The van der Waals surface area contributed by atoms with E-state index in [0.717, 1.165) is 33.3 Å². The van der Waals surface area contributed by atoms with Crippen molar-refractivity contribution in [3.05, 3.63) is 96.2 Å². The van der Waals surface area contributed by atoms with Crippen molar-refractivity contribution in [1.29, 1.82) is 0 Å². The lowest BCUT2D eigenvalue weighted by Crippen LogP contribution is -2.04. The fourth-order valence-electron chi connectivity index (χ4n) is 3.57. The molecule has 2 heterocycles. The molecule has 0 amide bonds. The molecular weight excluding hydrogens is 356 g/mol. The van der Waals surface area contributed by atoms with E-state index in [1.165, 1.54) is 24.3 Å². The molecule has 0 radical (unpaired) electrons. The summed E-state index contributed by atoms with van der Waals surface area (Å²) in [5.41, 5.74) is 5.03. The second kappa shape index (κ2) is 6.53. The monoisotopic (exact) mass is 371 g/mol. The molecule has 0 atom stereocenters. The number of fused-ring (bicyclic) bond motifs is 3. The lowest BCUT2D eigenvalue weighted by Gasteiger charge is -2.15. The second-order valence-corrected chi connectivity index (χ2v) is 6.72. The van der Waals surface area contributed by atoms with Crippen molar-refractivity contribution < 1.29 is 8.78 Å². The lowest BCUT2D eigenvalue weighted by atomic mass is 10.0. The molecule has 0 bridgehead atoms. The van der Waals surface area contributed by atoms with E-state index in [1.54, 1.807) is 18.2 Å². The first-order chi connectivity index (χ1) is 13.7. The zero-order chi connectivity index (χ0) is 19.1. The number of rotatable bonds is 3. The van der Waals surface area contributed by atoms with Crippen molar-refractivity contribution in [2.45, 2.75) is 6.54 Å². The number of nitrogens with zero attached hydrogens (tertiary/aromatic N) is 3. The van der Waals surface area contributed by atoms with Crippen molar-refractivity contribution in [3.8, 4) is 22.5 Å². The Morgan fingerprint density at radius 3 is 2.36 bits per heavy atom. The molecule has 5 heteroatoms. The van der Waals surface area contributed by atoms with E-state index in [-0.39, 0.29) is 11.6 Å². The number of benzene rings is 3. The van der Waals surface area contributed by atoms with Crippen molar-refractivity contribution in [2.75, 3.05) is 0 Å². The van der Waals surface area contributed by atoms with Crippen LogP contribution < -0.4 is 0 Å². The molecule has 0 aliphatic carbocycles. The Hall–Kier alpha value is -3.60. The number of halogens is 2. The molecule has 2 aliphatic rings. The molecule has 136 valence electrons. The van der Waals surface area contributed by atoms with Crippen LogP contribution in [0.1, 0.15) is 5.56 Å².